The number of likely N-dealkylation sites (tertiary alicyclic amines) is 1. The van der Waals surface area contributed by atoms with Gasteiger partial charge in [0.05, 0.1) is 0 Å². The molecule has 0 aromatic heterocycles. The van der Waals surface area contributed by atoms with E-state index in [4.69, 9.17) is 4.74 Å². The average molecular weight is 328 g/mol. The number of rotatable bonds is 4. The highest BCUT2D eigenvalue weighted by atomic mass is 19.4. The van der Waals surface area contributed by atoms with Crippen LogP contribution in [0.1, 0.15) is 24.8 Å². The predicted octanol–water partition coefficient (Wildman–Crippen LogP) is 3.20. The lowest BCUT2D eigenvalue weighted by atomic mass is 9.78. The van der Waals surface area contributed by atoms with Gasteiger partial charge in [-0.25, -0.2) is 0 Å². The molecule has 0 atom stereocenters. The van der Waals surface area contributed by atoms with Gasteiger partial charge in [0.25, 0.3) is 0 Å². The second-order valence-corrected chi connectivity index (χ2v) is 6.76. The molecule has 2 saturated heterocycles. The number of hydrogen-bond donors (Lipinski definition) is 1. The Morgan fingerprint density at radius 2 is 1.78 bits per heavy atom. The zero-order valence-electron chi connectivity index (χ0n) is 13.2. The summed E-state index contributed by atoms with van der Waals surface area (Å²) in [5.41, 5.74) is 1.59. The number of ether oxygens (including phenoxy) is 1. The van der Waals surface area contributed by atoms with E-state index in [0.29, 0.717) is 5.41 Å². The van der Waals surface area contributed by atoms with Crippen molar-refractivity contribution < 1.29 is 17.9 Å². The lowest BCUT2D eigenvalue weighted by molar-refractivity contribution is -0.153. The van der Waals surface area contributed by atoms with Gasteiger partial charge in [0.15, 0.2) is 6.61 Å². The van der Waals surface area contributed by atoms with E-state index in [1.54, 1.807) is 12.1 Å². The van der Waals surface area contributed by atoms with Crippen LogP contribution in [-0.4, -0.2) is 43.9 Å². The van der Waals surface area contributed by atoms with Crippen molar-refractivity contribution in [3.63, 3.8) is 0 Å². The number of halogens is 3. The molecular formula is C17H23F3N2O. The standard InChI is InChI=1S/C17H23F3N2O/c18-17(19,20)13-23-15-3-1-14(2-4-15)11-22-10-7-16(12-22)5-8-21-9-6-16/h1-4,21H,5-13H2. The summed E-state index contributed by atoms with van der Waals surface area (Å²) in [6.45, 7) is 4.06. The molecule has 3 nitrogen and oxygen atoms in total. The van der Waals surface area contributed by atoms with Crippen molar-refractivity contribution in [1.29, 1.82) is 0 Å². The smallest absolute Gasteiger partial charge is 0.422 e. The summed E-state index contributed by atoms with van der Waals surface area (Å²) in [5, 5.41) is 3.42. The van der Waals surface area contributed by atoms with E-state index in [1.165, 1.54) is 19.3 Å². The van der Waals surface area contributed by atoms with Crippen LogP contribution in [-0.2, 0) is 6.54 Å². The topological polar surface area (TPSA) is 24.5 Å². The highest BCUT2D eigenvalue weighted by molar-refractivity contribution is 5.27. The maximum atomic E-state index is 12.1. The van der Waals surface area contributed by atoms with Crippen molar-refractivity contribution in [2.24, 2.45) is 5.41 Å². The van der Waals surface area contributed by atoms with E-state index in [9.17, 15) is 13.2 Å². The molecule has 2 aliphatic heterocycles. The van der Waals surface area contributed by atoms with Crippen LogP contribution in [0.2, 0.25) is 0 Å². The monoisotopic (exact) mass is 328 g/mol. The third kappa shape index (κ3) is 4.61. The van der Waals surface area contributed by atoms with Gasteiger partial charge in [0, 0.05) is 13.1 Å². The van der Waals surface area contributed by atoms with Gasteiger partial charge >= 0.3 is 6.18 Å². The summed E-state index contributed by atoms with van der Waals surface area (Å²) in [5.74, 6) is 0.266. The number of hydrogen-bond acceptors (Lipinski definition) is 3. The third-order valence-electron chi connectivity index (χ3n) is 4.91. The van der Waals surface area contributed by atoms with Crippen molar-refractivity contribution in [1.82, 2.24) is 10.2 Å². The van der Waals surface area contributed by atoms with Gasteiger partial charge in [-0.2, -0.15) is 13.2 Å². The molecule has 2 heterocycles. The summed E-state index contributed by atoms with van der Waals surface area (Å²) in [7, 11) is 0. The van der Waals surface area contributed by atoms with Crippen LogP contribution < -0.4 is 10.1 Å². The molecule has 0 aliphatic carbocycles. The van der Waals surface area contributed by atoms with Crippen LogP contribution >= 0.6 is 0 Å². The minimum Gasteiger partial charge on any atom is -0.484 e. The van der Waals surface area contributed by atoms with E-state index in [2.05, 4.69) is 10.2 Å². The second kappa shape index (κ2) is 6.69. The average Bonchev–Trinajstić information content (AvgIpc) is 2.89. The largest absolute Gasteiger partial charge is 0.484 e. The predicted molar refractivity (Wildman–Crippen MR) is 82.4 cm³/mol. The first-order valence-electron chi connectivity index (χ1n) is 8.16. The van der Waals surface area contributed by atoms with Crippen molar-refractivity contribution in [3.8, 4) is 5.75 Å². The summed E-state index contributed by atoms with van der Waals surface area (Å²) in [6, 6.07) is 6.97. The third-order valence-corrected chi connectivity index (χ3v) is 4.91. The fraction of sp³-hybridized carbons (Fsp3) is 0.647. The van der Waals surface area contributed by atoms with Gasteiger partial charge in [-0.3, -0.25) is 4.90 Å². The SMILES string of the molecule is FC(F)(F)COc1ccc(CN2CCC3(CCNCC3)C2)cc1. The Hall–Kier alpha value is -1.27. The van der Waals surface area contributed by atoms with Gasteiger partial charge in [-0.15, -0.1) is 0 Å². The van der Waals surface area contributed by atoms with Crippen molar-refractivity contribution in [3.05, 3.63) is 29.8 Å². The minimum atomic E-state index is -4.29. The highest BCUT2D eigenvalue weighted by Gasteiger charge is 2.38. The first-order valence-corrected chi connectivity index (χ1v) is 8.16. The molecule has 6 heteroatoms. The second-order valence-electron chi connectivity index (χ2n) is 6.76. The van der Waals surface area contributed by atoms with Crippen LogP contribution in [0, 0.1) is 5.41 Å². The Kier molecular flexibility index (Phi) is 4.82. The Labute approximate surface area is 134 Å². The van der Waals surface area contributed by atoms with Gasteiger partial charge < -0.3 is 10.1 Å². The molecule has 0 radical (unpaired) electrons. The minimum absolute atomic E-state index is 0.266. The first kappa shape index (κ1) is 16.6. The molecule has 128 valence electrons. The lowest BCUT2D eigenvalue weighted by Crippen LogP contribution is -2.38. The molecule has 2 aliphatic rings. The summed E-state index contributed by atoms with van der Waals surface area (Å²) in [4.78, 5) is 2.46. The Bertz CT molecular complexity index is 510. The molecule has 0 unspecified atom stereocenters. The van der Waals surface area contributed by atoms with Crippen LogP contribution in [0.15, 0.2) is 24.3 Å². The Balaban J connectivity index is 1.51. The van der Waals surface area contributed by atoms with E-state index < -0.39 is 12.8 Å². The molecule has 3 rings (SSSR count). The van der Waals surface area contributed by atoms with Crippen molar-refractivity contribution in [2.45, 2.75) is 32.0 Å². The summed E-state index contributed by atoms with van der Waals surface area (Å²) < 4.78 is 41.1. The Morgan fingerprint density at radius 1 is 1.09 bits per heavy atom. The van der Waals surface area contributed by atoms with Crippen LogP contribution in [0.3, 0.4) is 0 Å². The molecule has 1 aromatic carbocycles. The van der Waals surface area contributed by atoms with Crippen molar-refractivity contribution >= 4 is 0 Å². The van der Waals surface area contributed by atoms with E-state index in [1.807, 2.05) is 12.1 Å². The van der Waals surface area contributed by atoms with E-state index in [0.717, 1.165) is 38.3 Å². The molecule has 1 N–H and O–H groups in total. The fourth-order valence-electron chi connectivity index (χ4n) is 3.64. The molecule has 0 amide bonds. The molecule has 0 bridgehead atoms. The number of benzene rings is 1. The van der Waals surface area contributed by atoms with E-state index in [-0.39, 0.29) is 5.75 Å². The number of alkyl halides is 3. The zero-order chi connectivity index (χ0) is 16.3. The van der Waals surface area contributed by atoms with Crippen LogP contribution in [0.5, 0.6) is 5.75 Å². The quantitative estimate of drug-likeness (QED) is 0.919. The van der Waals surface area contributed by atoms with Gasteiger partial charge in [0.1, 0.15) is 5.75 Å². The van der Waals surface area contributed by atoms with Crippen LogP contribution in [0.4, 0.5) is 13.2 Å². The lowest BCUT2D eigenvalue weighted by Gasteiger charge is -2.33. The summed E-state index contributed by atoms with van der Waals surface area (Å²) in [6.07, 6.45) is -0.555. The number of nitrogens with one attached hydrogen (secondary N) is 1. The van der Waals surface area contributed by atoms with E-state index >= 15 is 0 Å². The van der Waals surface area contributed by atoms with Crippen LogP contribution in [0.25, 0.3) is 0 Å². The zero-order valence-corrected chi connectivity index (χ0v) is 13.2. The van der Waals surface area contributed by atoms with Gasteiger partial charge in [-0.1, -0.05) is 12.1 Å². The molecule has 1 aromatic rings. The highest BCUT2D eigenvalue weighted by Crippen LogP contribution is 2.39. The number of nitrogens with zero attached hydrogens (tertiary/aromatic N) is 1. The molecule has 23 heavy (non-hydrogen) atoms. The van der Waals surface area contributed by atoms with Gasteiger partial charge in [-0.05, 0) is 62.0 Å². The van der Waals surface area contributed by atoms with Gasteiger partial charge in [0.2, 0.25) is 0 Å². The molecule has 2 fully saturated rings. The first-order chi connectivity index (χ1) is 10.9. The molecular weight excluding hydrogens is 305 g/mol. The maximum Gasteiger partial charge on any atom is 0.422 e. The normalized spacial score (nSPS) is 21.7. The number of piperidine rings is 1. The fourth-order valence-corrected chi connectivity index (χ4v) is 3.64. The molecule has 0 saturated carbocycles. The molecule has 1 spiro atoms. The van der Waals surface area contributed by atoms with Crippen molar-refractivity contribution in [2.75, 3.05) is 32.8 Å². The Morgan fingerprint density at radius 3 is 2.43 bits per heavy atom. The maximum absolute atomic E-state index is 12.1. The summed E-state index contributed by atoms with van der Waals surface area (Å²) >= 11 is 0.